The van der Waals surface area contributed by atoms with Crippen molar-refractivity contribution < 1.29 is 33.3 Å². The van der Waals surface area contributed by atoms with Crippen molar-refractivity contribution >= 4 is 45.2 Å². The number of nitrogens with zero attached hydrogens (tertiary/aromatic N) is 2. The molecule has 4 aromatic rings. The topological polar surface area (TPSA) is 16.4 Å². The van der Waals surface area contributed by atoms with E-state index in [1.54, 1.807) is 7.11 Å². The van der Waals surface area contributed by atoms with Crippen molar-refractivity contribution in [3.8, 4) is 5.75 Å². The van der Waals surface area contributed by atoms with Gasteiger partial charge in [-0.2, -0.15) is 4.57 Å². The predicted octanol–water partition coefficient (Wildman–Crippen LogP) is 5.92. The van der Waals surface area contributed by atoms with Crippen LogP contribution >= 0.6 is 11.8 Å². The summed E-state index contributed by atoms with van der Waals surface area (Å²) in [7, 11) is 1.72. The van der Waals surface area contributed by atoms with Crippen molar-refractivity contribution in [2.24, 2.45) is 5.41 Å². The number of methoxy groups -OCH3 is 1. The summed E-state index contributed by atoms with van der Waals surface area (Å²) >= 11 is 1.91. The van der Waals surface area contributed by atoms with Crippen LogP contribution in [0.1, 0.15) is 46.2 Å². The molecule has 0 atom stereocenters. The number of aromatic nitrogens is 1. The largest absolute Gasteiger partial charge is 1.00 e. The molecule has 1 aliphatic heterocycles. The van der Waals surface area contributed by atoms with Gasteiger partial charge in [-0.25, -0.2) is 0 Å². The molecule has 1 aliphatic carbocycles. The van der Waals surface area contributed by atoms with Crippen LogP contribution in [-0.4, -0.2) is 13.7 Å². The minimum atomic E-state index is 0. The number of hydrogen-bond donors (Lipinski definition) is 0. The highest BCUT2D eigenvalue weighted by Crippen LogP contribution is 2.50. The lowest BCUT2D eigenvalue weighted by Gasteiger charge is -2.31. The van der Waals surface area contributed by atoms with Crippen LogP contribution < -0.4 is 38.2 Å². The molecule has 0 spiro atoms. The quantitative estimate of drug-likeness (QED) is 0.196. The first-order valence-electron chi connectivity index (χ1n) is 14.0. The number of anilines is 1. The molecule has 206 valence electrons. The van der Waals surface area contributed by atoms with Crippen LogP contribution in [0, 0.1) is 5.41 Å². The number of pyridine rings is 1. The van der Waals surface area contributed by atoms with Crippen molar-refractivity contribution in [2.45, 2.75) is 52.0 Å². The van der Waals surface area contributed by atoms with Gasteiger partial charge in [0.05, 0.1) is 23.2 Å². The van der Waals surface area contributed by atoms with Gasteiger partial charge in [-0.3, -0.25) is 0 Å². The number of halogens is 1. The average Bonchev–Trinajstić information content (AvgIpc) is 3.29. The Morgan fingerprint density at radius 3 is 2.52 bits per heavy atom. The standard InChI is InChI=1S/C35H37N2OS.HI/c1-6-36-28(14-12-27-21-29(38-5)15-16-31(27)36)19-24-18-25(23-35(3,4)22-24)20-33-37(7-2)34-30-11-9-8-10-26(30)13-17-32(34)39-33;/h8-21H,6-7,22-23H2,1-5H3;1H/q+1;/p-1. The molecule has 6 rings (SSSR count). The Balaban J connectivity index is 0.00000323. The minimum Gasteiger partial charge on any atom is -1.00 e. The Kier molecular flexibility index (Phi) is 8.35. The molecule has 40 heavy (non-hydrogen) atoms. The second-order valence-corrected chi connectivity index (χ2v) is 12.4. The second-order valence-electron chi connectivity index (χ2n) is 11.3. The molecule has 2 heterocycles. The van der Waals surface area contributed by atoms with Gasteiger partial charge in [0.2, 0.25) is 11.2 Å². The molecule has 0 fully saturated rings. The van der Waals surface area contributed by atoms with E-state index in [-0.39, 0.29) is 29.4 Å². The van der Waals surface area contributed by atoms with E-state index in [2.05, 4.69) is 122 Å². The normalized spacial score (nSPS) is 18.2. The zero-order chi connectivity index (χ0) is 27.1. The molecule has 3 nitrogen and oxygen atoms in total. The Labute approximate surface area is 259 Å². The summed E-state index contributed by atoms with van der Waals surface area (Å²) in [5, 5.41) is 5.17. The summed E-state index contributed by atoms with van der Waals surface area (Å²) < 4.78 is 7.86. The van der Waals surface area contributed by atoms with Crippen LogP contribution in [0.3, 0.4) is 0 Å². The summed E-state index contributed by atoms with van der Waals surface area (Å²) in [6.07, 6.45) is 9.42. The van der Waals surface area contributed by atoms with Crippen LogP contribution in [0.25, 0.3) is 27.8 Å². The van der Waals surface area contributed by atoms with Crippen LogP contribution in [0.5, 0.6) is 5.75 Å². The summed E-state index contributed by atoms with van der Waals surface area (Å²) in [4.78, 5) is 3.85. The number of hydrogen-bond acceptors (Lipinski definition) is 3. The fourth-order valence-electron chi connectivity index (χ4n) is 6.26. The smallest absolute Gasteiger partial charge is 0.213 e. The minimum absolute atomic E-state index is 0. The molecular formula is C35H37IN2OS. The van der Waals surface area contributed by atoms with Crippen molar-refractivity contribution in [1.82, 2.24) is 0 Å². The van der Waals surface area contributed by atoms with E-state index >= 15 is 0 Å². The first-order chi connectivity index (χ1) is 18.9. The van der Waals surface area contributed by atoms with Gasteiger partial charge in [-0.1, -0.05) is 62.0 Å². The van der Waals surface area contributed by atoms with Crippen LogP contribution in [0.4, 0.5) is 5.69 Å². The third-order valence-corrected chi connectivity index (χ3v) is 8.99. The molecule has 5 heteroatoms. The monoisotopic (exact) mass is 660 g/mol. The molecule has 0 bridgehead atoms. The van der Waals surface area contributed by atoms with Crippen LogP contribution in [-0.2, 0) is 6.54 Å². The van der Waals surface area contributed by atoms with Crippen molar-refractivity contribution in [3.63, 3.8) is 0 Å². The number of benzene rings is 3. The van der Waals surface area contributed by atoms with E-state index in [0.29, 0.717) is 0 Å². The molecule has 0 unspecified atom stereocenters. The third-order valence-electron chi connectivity index (χ3n) is 7.90. The van der Waals surface area contributed by atoms with Gasteiger partial charge in [0.25, 0.3) is 0 Å². The number of thioether (sulfide) groups is 1. The van der Waals surface area contributed by atoms with Crippen molar-refractivity contribution in [3.05, 3.63) is 101 Å². The van der Waals surface area contributed by atoms with Gasteiger partial charge in [0.15, 0.2) is 0 Å². The Morgan fingerprint density at radius 2 is 1.75 bits per heavy atom. The molecule has 0 radical (unpaired) electrons. The number of allylic oxidation sites excluding steroid dienone is 4. The van der Waals surface area contributed by atoms with Gasteiger partial charge in [-0.05, 0) is 79.0 Å². The molecular weight excluding hydrogens is 623 g/mol. The maximum atomic E-state index is 5.45. The molecule has 3 aromatic carbocycles. The Hall–Kier alpha value is -2.77. The van der Waals surface area contributed by atoms with Gasteiger partial charge < -0.3 is 33.6 Å². The first-order valence-corrected chi connectivity index (χ1v) is 14.8. The fourth-order valence-corrected chi connectivity index (χ4v) is 7.48. The van der Waals surface area contributed by atoms with Crippen molar-refractivity contribution in [1.29, 1.82) is 0 Å². The van der Waals surface area contributed by atoms with Crippen molar-refractivity contribution in [2.75, 3.05) is 18.6 Å². The average molecular weight is 661 g/mol. The first kappa shape index (κ1) is 28.7. The molecule has 0 saturated carbocycles. The zero-order valence-corrected chi connectivity index (χ0v) is 27.0. The maximum Gasteiger partial charge on any atom is 0.213 e. The molecule has 1 aromatic heterocycles. The lowest BCUT2D eigenvalue weighted by atomic mass is 9.75. The van der Waals surface area contributed by atoms with Gasteiger partial charge in [0.1, 0.15) is 12.3 Å². The third kappa shape index (κ3) is 5.42. The van der Waals surface area contributed by atoms with E-state index in [4.69, 9.17) is 4.74 Å². The van der Waals surface area contributed by atoms with E-state index in [0.717, 1.165) is 31.7 Å². The summed E-state index contributed by atoms with van der Waals surface area (Å²) in [5.41, 5.74) is 6.84. The lowest BCUT2D eigenvalue weighted by molar-refractivity contribution is -0.669. The number of fused-ring (bicyclic) bond motifs is 4. The molecule has 2 aliphatic rings. The van der Waals surface area contributed by atoms with E-state index in [1.165, 1.54) is 54.1 Å². The summed E-state index contributed by atoms with van der Waals surface area (Å²) in [6, 6.07) is 24.1. The predicted molar refractivity (Wildman–Crippen MR) is 166 cm³/mol. The summed E-state index contributed by atoms with van der Waals surface area (Å²) in [6.45, 7) is 11.1. The number of ether oxygens (including phenoxy) is 1. The van der Waals surface area contributed by atoms with E-state index in [1.807, 2.05) is 11.8 Å². The zero-order valence-electron chi connectivity index (χ0n) is 24.0. The van der Waals surface area contributed by atoms with Gasteiger partial charge in [0, 0.05) is 35.0 Å². The fraction of sp³-hybridized carbons (Fsp3) is 0.286. The number of aryl methyl sites for hydroxylation is 1. The highest BCUT2D eigenvalue weighted by molar-refractivity contribution is 8.03. The Bertz CT molecular complexity index is 1680. The van der Waals surface area contributed by atoms with E-state index in [9.17, 15) is 0 Å². The SMILES string of the molecule is CCN1/C(=C/C2=CC(=C/c3ccc4cc(OC)ccc4[n+]3CC)/CC(C)(C)C2)Sc2ccc3ccccc3c21.[I-]. The molecule has 0 N–H and O–H groups in total. The highest BCUT2D eigenvalue weighted by Gasteiger charge is 2.29. The van der Waals surface area contributed by atoms with Gasteiger partial charge >= 0.3 is 0 Å². The lowest BCUT2D eigenvalue weighted by Crippen LogP contribution is -3.00. The molecule has 0 saturated heterocycles. The second kappa shape index (κ2) is 11.6. The Morgan fingerprint density at radius 1 is 0.950 bits per heavy atom. The van der Waals surface area contributed by atoms with Crippen LogP contribution in [0.2, 0.25) is 0 Å². The van der Waals surface area contributed by atoms with Gasteiger partial charge in [-0.15, -0.1) is 0 Å². The number of rotatable bonds is 5. The highest BCUT2D eigenvalue weighted by atomic mass is 127. The molecule has 0 amide bonds. The summed E-state index contributed by atoms with van der Waals surface area (Å²) in [5.74, 6) is 0.895. The maximum absolute atomic E-state index is 5.45. The van der Waals surface area contributed by atoms with E-state index < -0.39 is 0 Å². The van der Waals surface area contributed by atoms with Crippen LogP contribution in [0.15, 0.2) is 100.0 Å².